The van der Waals surface area contributed by atoms with Gasteiger partial charge in [-0.3, -0.25) is 4.79 Å². The van der Waals surface area contributed by atoms with Gasteiger partial charge in [0.25, 0.3) is 0 Å². The molecule has 1 aromatic heterocycles. The van der Waals surface area contributed by atoms with Crippen LogP contribution in [0.2, 0.25) is 5.02 Å². The number of carbonyl (C=O) groups excluding carboxylic acids is 1. The summed E-state index contributed by atoms with van der Waals surface area (Å²) in [5, 5.41) is 12.3. The summed E-state index contributed by atoms with van der Waals surface area (Å²) < 4.78 is 10.1. The number of carbonyl (C=O) groups is 2. The summed E-state index contributed by atoms with van der Waals surface area (Å²) in [6.45, 7) is -0.0135. The summed E-state index contributed by atoms with van der Waals surface area (Å²) in [7, 11) is 0. The first-order valence-corrected chi connectivity index (χ1v) is 5.54. The molecule has 0 bridgehead atoms. The van der Waals surface area contributed by atoms with Crippen molar-refractivity contribution in [2.45, 2.75) is 6.61 Å². The lowest BCUT2D eigenvalue weighted by Gasteiger charge is -2.05. The number of hydrogen-bond donors (Lipinski definition) is 1. The van der Waals surface area contributed by atoms with Gasteiger partial charge in [0.15, 0.2) is 11.5 Å². The number of halogens is 1. The molecular formula is C12H8ClNO5. The Labute approximate surface area is 112 Å². The molecule has 0 aliphatic heterocycles. The number of benzene rings is 1. The number of nitrogens with zero attached hydrogens (tertiary/aromatic N) is 1. The van der Waals surface area contributed by atoms with E-state index in [1.807, 2.05) is 0 Å². The molecule has 0 unspecified atom stereocenters. The first-order valence-electron chi connectivity index (χ1n) is 5.16. The SMILES string of the molecule is O=Cc1ccc(OCc2cc(C(=O)O)no2)c(Cl)c1. The van der Waals surface area contributed by atoms with Gasteiger partial charge in [0.1, 0.15) is 18.6 Å². The Balaban J connectivity index is 2.05. The van der Waals surface area contributed by atoms with Gasteiger partial charge >= 0.3 is 5.97 Å². The monoisotopic (exact) mass is 281 g/mol. The molecule has 7 heteroatoms. The van der Waals surface area contributed by atoms with Gasteiger partial charge in [-0.15, -0.1) is 0 Å². The minimum atomic E-state index is -1.18. The molecule has 2 rings (SSSR count). The topological polar surface area (TPSA) is 89.6 Å². The van der Waals surface area contributed by atoms with Gasteiger partial charge < -0.3 is 14.4 Å². The second-order valence-electron chi connectivity index (χ2n) is 3.58. The van der Waals surface area contributed by atoms with E-state index in [-0.39, 0.29) is 23.1 Å². The molecule has 0 saturated carbocycles. The van der Waals surface area contributed by atoms with E-state index in [0.29, 0.717) is 17.6 Å². The maximum absolute atomic E-state index is 10.6. The third kappa shape index (κ3) is 3.11. The van der Waals surface area contributed by atoms with Gasteiger partial charge in [-0.25, -0.2) is 4.79 Å². The summed E-state index contributed by atoms with van der Waals surface area (Å²) in [6.07, 6.45) is 0.672. The molecule has 6 nitrogen and oxygen atoms in total. The van der Waals surface area contributed by atoms with Crippen LogP contribution < -0.4 is 4.74 Å². The fraction of sp³-hybridized carbons (Fsp3) is 0.0833. The van der Waals surface area contributed by atoms with Gasteiger partial charge in [-0.05, 0) is 18.2 Å². The van der Waals surface area contributed by atoms with Crippen LogP contribution >= 0.6 is 11.6 Å². The lowest BCUT2D eigenvalue weighted by molar-refractivity contribution is 0.0685. The molecule has 19 heavy (non-hydrogen) atoms. The molecule has 0 aliphatic carbocycles. The fourth-order valence-electron chi connectivity index (χ4n) is 1.34. The van der Waals surface area contributed by atoms with Crippen molar-refractivity contribution in [2.24, 2.45) is 0 Å². The quantitative estimate of drug-likeness (QED) is 0.847. The number of aldehydes is 1. The largest absolute Gasteiger partial charge is 0.484 e. The van der Waals surface area contributed by atoms with Crippen LogP contribution in [0.15, 0.2) is 28.8 Å². The first kappa shape index (κ1) is 13.1. The molecular weight excluding hydrogens is 274 g/mol. The Morgan fingerprint density at radius 1 is 1.47 bits per heavy atom. The van der Waals surface area contributed by atoms with Gasteiger partial charge in [0.2, 0.25) is 0 Å². The lowest BCUT2D eigenvalue weighted by Crippen LogP contribution is -1.96. The summed E-state index contributed by atoms with van der Waals surface area (Å²) in [4.78, 5) is 21.1. The van der Waals surface area contributed by atoms with Crippen LogP contribution in [0, 0.1) is 0 Å². The maximum atomic E-state index is 10.6. The second kappa shape index (κ2) is 5.53. The van der Waals surface area contributed by atoms with Gasteiger partial charge in [-0.1, -0.05) is 16.8 Å². The summed E-state index contributed by atoms with van der Waals surface area (Å²) in [6, 6.07) is 5.82. The van der Waals surface area contributed by atoms with E-state index in [0.717, 1.165) is 0 Å². The molecule has 0 atom stereocenters. The number of aromatic carboxylic acids is 1. The van der Waals surface area contributed by atoms with Crippen molar-refractivity contribution in [3.63, 3.8) is 0 Å². The van der Waals surface area contributed by atoms with E-state index in [2.05, 4.69) is 5.16 Å². The van der Waals surface area contributed by atoms with Crippen molar-refractivity contribution >= 4 is 23.9 Å². The highest BCUT2D eigenvalue weighted by molar-refractivity contribution is 6.32. The molecule has 1 heterocycles. The highest BCUT2D eigenvalue weighted by Crippen LogP contribution is 2.25. The number of rotatable bonds is 5. The van der Waals surface area contributed by atoms with E-state index in [1.165, 1.54) is 12.1 Å². The number of hydrogen-bond acceptors (Lipinski definition) is 5. The molecule has 2 aromatic rings. The molecule has 0 radical (unpaired) electrons. The van der Waals surface area contributed by atoms with Crippen LogP contribution in [0.1, 0.15) is 26.6 Å². The normalized spacial score (nSPS) is 10.2. The van der Waals surface area contributed by atoms with Crippen LogP contribution in [0.5, 0.6) is 5.75 Å². The molecule has 1 aromatic carbocycles. The summed E-state index contributed by atoms with van der Waals surface area (Å²) >= 11 is 5.91. The van der Waals surface area contributed by atoms with Crippen LogP contribution in [-0.2, 0) is 6.61 Å². The highest BCUT2D eigenvalue weighted by Gasteiger charge is 2.11. The molecule has 0 amide bonds. The third-order valence-corrected chi connectivity index (χ3v) is 2.54. The zero-order valence-electron chi connectivity index (χ0n) is 9.50. The van der Waals surface area contributed by atoms with Crippen LogP contribution in [0.3, 0.4) is 0 Å². The number of carboxylic acid groups (broad SMARTS) is 1. The van der Waals surface area contributed by atoms with Crippen molar-refractivity contribution in [2.75, 3.05) is 0 Å². The van der Waals surface area contributed by atoms with Crippen molar-refractivity contribution in [3.05, 3.63) is 46.3 Å². The zero-order chi connectivity index (χ0) is 13.8. The van der Waals surface area contributed by atoms with Crippen molar-refractivity contribution in [1.29, 1.82) is 0 Å². The Bertz CT molecular complexity index is 622. The van der Waals surface area contributed by atoms with Gasteiger partial charge in [0.05, 0.1) is 5.02 Å². The van der Waals surface area contributed by atoms with E-state index in [4.69, 9.17) is 26.0 Å². The average Bonchev–Trinajstić information content (AvgIpc) is 2.86. The molecule has 1 N–H and O–H groups in total. The Kier molecular flexibility index (Phi) is 3.82. The number of aromatic nitrogens is 1. The smallest absolute Gasteiger partial charge is 0.358 e. The lowest BCUT2D eigenvalue weighted by atomic mass is 10.2. The third-order valence-electron chi connectivity index (χ3n) is 2.24. The van der Waals surface area contributed by atoms with Crippen molar-refractivity contribution < 1.29 is 24.0 Å². The number of ether oxygens (including phenoxy) is 1. The Morgan fingerprint density at radius 3 is 2.84 bits per heavy atom. The minimum Gasteiger partial charge on any atom is -0.484 e. The average molecular weight is 282 g/mol. The molecule has 0 spiro atoms. The fourth-order valence-corrected chi connectivity index (χ4v) is 1.58. The van der Waals surface area contributed by atoms with E-state index in [1.54, 1.807) is 12.1 Å². The number of carboxylic acids is 1. The molecule has 0 aliphatic rings. The zero-order valence-corrected chi connectivity index (χ0v) is 10.3. The Morgan fingerprint density at radius 2 is 2.26 bits per heavy atom. The molecule has 98 valence electrons. The van der Waals surface area contributed by atoms with Crippen LogP contribution in [-0.4, -0.2) is 22.5 Å². The van der Waals surface area contributed by atoms with Crippen molar-refractivity contribution in [1.82, 2.24) is 5.16 Å². The minimum absolute atomic E-state index is 0.0135. The standard InChI is InChI=1S/C12H8ClNO5/c13-9-3-7(5-15)1-2-11(9)18-6-8-4-10(12(16)17)14-19-8/h1-5H,6H2,(H,16,17). The summed E-state index contributed by atoms with van der Waals surface area (Å²) in [5.41, 5.74) is 0.242. The molecule has 0 saturated heterocycles. The summed E-state index contributed by atoms with van der Waals surface area (Å²) in [5.74, 6) is -0.558. The van der Waals surface area contributed by atoms with Gasteiger partial charge in [-0.2, -0.15) is 0 Å². The van der Waals surface area contributed by atoms with Gasteiger partial charge in [0, 0.05) is 11.6 Å². The first-order chi connectivity index (χ1) is 9.10. The second-order valence-corrected chi connectivity index (χ2v) is 3.99. The predicted molar refractivity (Wildman–Crippen MR) is 64.6 cm³/mol. The van der Waals surface area contributed by atoms with Crippen molar-refractivity contribution in [3.8, 4) is 5.75 Å². The predicted octanol–water partition coefficient (Wildman–Crippen LogP) is 2.42. The Hall–Kier alpha value is -2.34. The van der Waals surface area contributed by atoms with E-state index in [9.17, 15) is 9.59 Å². The van der Waals surface area contributed by atoms with E-state index < -0.39 is 5.97 Å². The van der Waals surface area contributed by atoms with Crippen LogP contribution in [0.4, 0.5) is 0 Å². The van der Waals surface area contributed by atoms with E-state index >= 15 is 0 Å². The highest BCUT2D eigenvalue weighted by atomic mass is 35.5. The van der Waals surface area contributed by atoms with Crippen LogP contribution in [0.25, 0.3) is 0 Å². The maximum Gasteiger partial charge on any atom is 0.358 e. The molecule has 0 fully saturated rings.